The summed E-state index contributed by atoms with van der Waals surface area (Å²) in [5.41, 5.74) is 6.84. The number of nitrogens with zero attached hydrogens (tertiary/aromatic N) is 1. The minimum Gasteiger partial charge on any atom is -0.345 e. The van der Waals surface area contributed by atoms with Crippen LogP contribution in [0.3, 0.4) is 0 Å². The normalized spacial score (nSPS) is 12.3. The van der Waals surface area contributed by atoms with Gasteiger partial charge in [-0.15, -0.1) is 0 Å². The first-order valence-electron chi connectivity index (χ1n) is 8.45. The Balaban J connectivity index is 2.57. The lowest BCUT2D eigenvalue weighted by Crippen LogP contribution is -2.19. The maximum atomic E-state index is 2.37. The van der Waals surface area contributed by atoms with E-state index in [4.69, 9.17) is 0 Å². The Morgan fingerprint density at radius 3 is 1.65 bits per heavy atom. The first-order chi connectivity index (χ1) is 10.5. The van der Waals surface area contributed by atoms with Gasteiger partial charge in [0.1, 0.15) is 0 Å². The quantitative estimate of drug-likeness (QED) is 0.624. The molecule has 2 aromatic carbocycles. The van der Waals surface area contributed by atoms with E-state index in [0.29, 0.717) is 0 Å². The van der Waals surface area contributed by atoms with Gasteiger partial charge in [-0.3, -0.25) is 0 Å². The monoisotopic (exact) mass is 309 g/mol. The number of rotatable bonds is 2. The van der Waals surface area contributed by atoms with Gasteiger partial charge in [0.05, 0.1) is 0 Å². The van der Waals surface area contributed by atoms with Gasteiger partial charge in [0, 0.05) is 18.4 Å². The molecule has 23 heavy (non-hydrogen) atoms. The van der Waals surface area contributed by atoms with Crippen LogP contribution in [0, 0.1) is 6.92 Å². The standard InChI is InChI=1S/C22H31N/c1-16-10-9-11-19(12-16)23(8)20-14-17(21(2,3)4)13-18(15-20)22(5,6)7/h9-15H,1-8H3. The van der Waals surface area contributed by atoms with Crippen molar-refractivity contribution < 1.29 is 0 Å². The molecule has 1 heteroatoms. The SMILES string of the molecule is Cc1cccc(N(C)c2cc(C(C)(C)C)cc(C(C)(C)C)c2)c1. The summed E-state index contributed by atoms with van der Waals surface area (Å²) in [6.07, 6.45) is 0. The number of benzene rings is 2. The van der Waals surface area contributed by atoms with Crippen LogP contribution < -0.4 is 4.90 Å². The minimum absolute atomic E-state index is 0.142. The Bertz CT molecular complexity index is 652. The molecular formula is C22H31N. The molecule has 0 aromatic heterocycles. The van der Waals surface area contributed by atoms with Gasteiger partial charge in [0.25, 0.3) is 0 Å². The molecule has 0 atom stereocenters. The Morgan fingerprint density at radius 2 is 1.22 bits per heavy atom. The molecule has 0 aliphatic heterocycles. The molecule has 2 aromatic rings. The molecule has 1 nitrogen and oxygen atoms in total. The Labute approximate surface area is 142 Å². The van der Waals surface area contributed by atoms with Crippen LogP contribution in [0.25, 0.3) is 0 Å². The van der Waals surface area contributed by atoms with Gasteiger partial charge in [0.15, 0.2) is 0 Å². The van der Waals surface area contributed by atoms with Gasteiger partial charge in [-0.25, -0.2) is 0 Å². The zero-order valence-electron chi connectivity index (χ0n) is 16.0. The predicted octanol–water partition coefficient (Wildman–Crippen LogP) is 6.36. The summed E-state index contributed by atoms with van der Waals surface area (Å²) < 4.78 is 0. The van der Waals surface area contributed by atoms with E-state index in [9.17, 15) is 0 Å². The highest BCUT2D eigenvalue weighted by Gasteiger charge is 2.21. The smallest absolute Gasteiger partial charge is 0.0414 e. The van der Waals surface area contributed by atoms with Gasteiger partial charge in [-0.2, -0.15) is 0 Å². The van der Waals surface area contributed by atoms with E-state index in [2.05, 4.69) is 103 Å². The summed E-state index contributed by atoms with van der Waals surface area (Å²) >= 11 is 0. The average Bonchev–Trinajstić information content (AvgIpc) is 2.44. The summed E-state index contributed by atoms with van der Waals surface area (Å²) in [7, 11) is 2.16. The second-order valence-electron chi connectivity index (χ2n) is 8.67. The van der Waals surface area contributed by atoms with Crippen LogP contribution in [-0.2, 0) is 10.8 Å². The van der Waals surface area contributed by atoms with Crippen molar-refractivity contribution >= 4 is 11.4 Å². The molecule has 0 radical (unpaired) electrons. The molecule has 124 valence electrons. The molecule has 0 spiro atoms. The first kappa shape index (κ1) is 17.6. The van der Waals surface area contributed by atoms with Crippen LogP contribution in [0.1, 0.15) is 58.2 Å². The fourth-order valence-corrected chi connectivity index (χ4v) is 2.66. The highest BCUT2D eigenvalue weighted by Crippen LogP contribution is 2.35. The minimum atomic E-state index is 0.142. The first-order valence-corrected chi connectivity index (χ1v) is 8.45. The molecule has 0 saturated heterocycles. The van der Waals surface area contributed by atoms with Crippen LogP contribution >= 0.6 is 0 Å². The van der Waals surface area contributed by atoms with E-state index in [0.717, 1.165) is 0 Å². The number of hydrogen-bond donors (Lipinski definition) is 0. The Hall–Kier alpha value is -1.76. The fourth-order valence-electron chi connectivity index (χ4n) is 2.66. The molecule has 0 aliphatic rings. The topological polar surface area (TPSA) is 3.24 Å². The molecule has 0 heterocycles. The maximum absolute atomic E-state index is 2.37. The van der Waals surface area contributed by atoms with Crippen molar-refractivity contribution in [2.75, 3.05) is 11.9 Å². The van der Waals surface area contributed by atoms with E-state index in [1.54, 1.807) is 0 Å². The molecule has 0 unspecified atom stereocenters. The summed E-state index contributed by atoms with van der Waals surface area (Å²) in [5, 5.41) is 0. The molecule has 0 saturated carbocycles. The van der Waals surface area contributed by atoms with Crippen molar-refractivity contribution in [3.05, 3.63) is 59.2 Å². The summed E-state index contributed by atoms with van der Waals surface area (Å²) in [4.78, 5) is 2.29. The zero-order valence-corrected chi connectivity index (χ0v) is 16.0. The molecule has 0 bridgehead atoms. The Kier molecular flexibility index (Phi) is 4.61. The van der Waals surface area contributed by atoms with E-state index >= 15 is 0 Å². The highest BCUT2D eigenvalue weighted by atomic mass is 15.1. The van der Waals surface area contributed by atoms with Crippen LogP contribution in [0.15, 0.2) is 42.5 Å². The fraction of sp³-hybridized carbons (Fsp3) is 0.455. The maximum Gasteiger partial charge on any atom is 0.0414 e. The van der Waals surface area contributed by atoms with E-state index in [1.165, 1.54) is 28.1 Å². The van der Waals surface area contributed by atoms with Crippen molar-refractivity contribution in [2.45, 2.75) is 59.3 Å². The lowest BCUT2D eigenvalue weighted by Gasteiger charge is -2.29. The van der Waals surface area contributed by atoms with Crippen molar-refractivity contribution in [1.29, 1.82) is 0 Å². The highest BCUT2D eigenvalue weighted by molar-refractivity contribution is 5.65. The third-order valence-corrected chi connectivity index (χ3v) is 4.43. The average molecular weight is 309 g/mol. The molecule has 0 amide bonds. The van der Waals surface area contributed by atoms with Crippen molar-refractivity contribution in [2.24, 2.45) is 0 Å². The third kappa shape index (κ3) is 4.16. The van der Waals surface area contributed by atoms with Gasteiger partial charge < -0.3 is 4.90 Å². The Morgan fingerprint density at radius 1 is 0.696 bits per heavy atom. The number of hydrogen-bond acceptors (Lipinski definition) is 1. The molecule has 0 N–H and O–H groups in total. The molecule has 0 aliphatic carbocycles. The van der Waals surface area contributed by atoms with Crippen molar-refractivity contribution in [3.8, 4) is 0 Å². The number of anilines is 2. The summed E-state index contributed by atoms with van der Waals surface area (Å²) in [6.45, 7) is 15.8. The van der Waals surface area contributed by atoms with Gasteiger partial charge in [-0.1, -0.05) is 59.7 Å². The van der Waals surface area contributed by atoms with Crippen molar-refractivity contribution in [3.63, 3.8) is 0 Å². The van der Waals surface area contributed by atoms with E-state index in [-0.39, 0.29) is 10.8 Å². The summed E-state index contributed by atoms with van der Waals surface area (Å²) in [5.74, 6) is 0. The second kappa shape index (κ2) is 6.03. The van der Waals surface area contributed by atoms with E-state index in [1.807, 2.05) is 0 Å². The van der Waals surface area contributed by atoms with Gasteiger partial charge in [0.2, 0.25) is 0 Å². The lowest BCUT2D eigenvalue weighted by atomic mass is 9.80. The van der Waals surface area contributed by atoms with E-state index < -0.39 is 0 Å². The van der Waals surface area contributed by atoms with Crippen molar-refractivity contribution in [1.82, 2.24) is 0 Å². The molecular weight excluding hydrogens is 278 g/mol. The summed E-state index contributed by atoms with van der Waals surface area (Å²) in [6, 6.07) is 15.7. The lowest BCUT2D eigenvalue weighted by molar-refractivity contribution is 0.568. The predicted molar refractivity (Wildman–Crippen MR) is 103 cm³/mol. The molecule has 0 fully saturated rings. The third-order valence-electron chi connectivity index (χ3n) is 4.43. The van der Waals surface area contributed by atoms with Crippen LogP contribution in [0.4, 0.5) is 11.4 Å². The van der Waals surface area contributed by atoms with Crippen LogP contribution in [-0.4, -0.2) is 7.05 Å². The second-order valence-corrected chi connectivity index (χ2v) is 8.67. The van der Waals surface area contributed by atoms with Gasteiger partial charge in [-0.05, 0) is 58.7 Å². The zero-order chi connectivity index (χ0) is 17.4. The van der Waals surface area contributed by atoms with Crippen LogP contribution in [0.2, 0.25) is 0 Å². The van der Waals surface area contributed by atoms with Crippen LogP contribution in [0.5, 0.6) is 0 Å². The number of aryl methyl sites for hydroxylation is 1. The largest absolute Gasteiger partial charge is 0.345 e. The van der Waals surface area contributed by atoms with Gasteiger partial charge >= 0.3 is 0 Å². The molecule has 2 rings (SSSR count).